The van der Waals surface area contributed by atoms with Crippen LogP contribution in [0.15, 0.2) is 36.7 Å². The molecule has 2 atom stereocenters. The van der Waals surface area contributed by atoms with Gasteiger partial charge in [0.25, 0.3) is 5.91 Å². The van der Waals surface area contributed by atoms with E-state index in [2.05, 4.69) is 20.4 Å². The van der Waals surface area contributed by atoms with Gasteiger partial charge in [-0.15, -0.1) is 0 Å². The van der Waals surface area contributed by atoms with Gasteiger partial charge in [0.15, 0.2) is 0 Å². The second-order valence-electron chi connectivity index (χ2n) is 6.60. The number of H-pyrrole nitrogens is 1. The molecule has 1 aromatic carbocycles. The van der Waals surface area contributed by atoms with E-state index >= 15 is 0 Å². The summed E-state index contributed by atoms with van der Waals surface area (Å²) in [5.74, 6) is -0.168. The van der Waals surface area contributed by atoms with Crippen molar-refractivity contribution in [2.45, 2.75) is 18.5 Å². The highest BCUT2D eigenvalue weighted by Gasteiger charge is 2.40. The first-order valence-electron chi connectivity index (χ1n) is 8.35. The molecule has 134 valence electrons. The predicted octanol–water partition coefficient (Wildman–Crippen LogP) is 0.888. The molecule has 0 saturated carbocycles. The summed E-state index contributed by atoms with van der Waals surface area (Å²) in [6.07, 6.45) is 3.54. The van der Waals surface area contributed by atoms with E-state index in [9.17, 15) is 9.90 Å². The van der Waals surface area contributed by atoms with E-state index in [1.807, 2.05) is 26.1 Å². The summed E-state index contributed by atoms with van der Waals surface area (Å²) in [5.41, 5.74) is 1.95. The minimum absolute atomic E-state index is 0.0758. The molecule has 7 nitrogen and oxygen atoms in total. The Kier molecular flexibility index (Phi) is 5.17. The van der Waals surface area contributed by atoms with Gasteiger partial charge >= 0.3 is 0 Å². The lowest BCUT2D eigenvalue weighted by Gasteiger charge is -2.47. The highest BCUT2D eigenvalue weighted by Crippen LogP contribution is 2.22. The number of morpholine rings is 1. The Morgan fingerprint density at radius 1 is 1.44 bits per heavy atom. The quantitative estimate of drug-likeness (QED) is 0.749. The third-order valence-corrected chi connectivity index (χ3v) is 4.99. The Balaban J connectivity index is 1.65. The molecule has 0 aliphatic carbocycles. The average Bonchev–Trinajstić information content (AvgIpc) is 3.18. The van der Waals surface area contributed by atoms with Crippen molar-refractivity contribution in [2.24, 2.45) is 0 Å². The van der Waals surface area contributed by atoms with Gasteiger partial charge in [-0.2, -0.15) is 5.10 Å². The first kappa shape index (κ1) is 17.6. The monoisotopic (exact) mass is 344 g/mol. The number of ether oxygens (including phenoxy) is 1. The van der Waals surface area contributed by atoms with Crippen LogP contribution < -0.4 is 5.32 Å². The van der Waals surface area contributed by atoms with Gasteiger partial charge < -0.3 is 15.2 Å². The zero-order valence-electron chi connectivity index (χ0n) is 14.5. The molecule has 1 aromatic heterocycles. The average molecular weight is 344 g/mol. The summed E-state index contributed by atoms with van der Waals surface area (Å²) in [7, 11) is 1.95. The van der Waals surface area contributed by atoms with Crippen LogP contribution in [0.25, 0.3) is 11.1 Å². The SMILES string of the molecule is C[C@@H]1COC[C@@](CO)(CNC(=O)c2ccc(-c3cn[nH]c3)cc2)N1C. The minimum atomic E-state index is -0.593. The zero-order chi connectivity index (χ0) is 17.9. The van der Waals surface area contributed by atoms with E-state index in [1.165, 1.54) is 0 Å². The number of hydrogen-bond acceptors (Lipinski definition) is 5. The molecule has 1 fully saturated rings. The Labute approximate surface area is 147 Å². The van der Waals surface area contributed by atoms with Crippen LogP contribution in [0.4, 0.5) is 0 Å². The van der Waals surface area contributed by atoms with Gasteiger partial charge in [-0.25, -0.2) is 0 Å². The van der Waals surface area contributed by atoms with Crippen LogP contribution in [0.5, 0.6) is 0 Å². The number of nitrogens with one attached hydrogen (secondary N) is 2. The zero-order valence-corrected chi connectivity index (χ0v) is 14.5. The molecule has 2 aromatic rings. The van der Waals surface area contributed by atoms with Gasteiger partial charge in [-0.3, -0.25) is 14.8 Å². The number of benzene rings is 1. The van der Waals surface area contributed by atoms with Crippen molar-refractivity contribution < 1.29 is 14.6 Å². The van der Waals surface area contributed by atoms with Crippen LogP contribution in [0, 0.1) is 0 Å². The molecular formula is C18H24N4O3. The minimum Gasteiger partial charge on any atom is -0.394 e. The second kappa shape index (κ2) is 7.35. The summed E-state index contributed by atoms with van der Waals surface area (Å²) < 4.78 is 5.59. The number of aliphatic hydroxyl groups is 1. The van der Waals surface area contributed by atoms with Crippen molar-refractivity contribution in [2.75, 3.05) is 33.4 Å². The maximum atomic E-state index is 12.5. The van der Waals surface area contributed by atoms with E-state index in [-0.39, 0.29) is 18.6 Å². The van der Waals surface area contributed by atoms with Crippen LogP contribution in [-0.2, 0) is 4.74 Å². The topological polar surface area (TPSA) is 90.5 Å². The van der Waals surface area contributed by atoms with E-state index < -0.39 is 5.54 Å². The third-order valence-electron chi connectivity index (χ3n) is 4.99. The van der Waals surface area contributed by atoms with Gasteiger partial charge in [-0.1, -0.05) is 12.1 Å². The largest absolute Gasteiger partial charge is 0.394 e. The molecule has 0 spiro atoms. The number of amides is 1. The van der Waals surface area contributed by atoms with Crippen molar-refractivity contribution in [3.05, 3.63) is 42.2 Å². The van der Waals surface area contributed by atoms with Crippen molar-refractivity contribution >= 4 is 5.91 Å². The molecule has 1 aliphatic rings. The lowest BCUT2D eigenvalue weighted by molar-refractivity contribution is -0.105. The van der Waals surface area contributed by atoms with Gasteiger partial charge in [0, 0.05) is 29.9 Å². The normalized spacial score (nSPS) is 24.2. The number of carbonyl (C=O) groups excluding carboxylic acids is 1. The Morgan fingerprint density at radius 2 is 2.20 bits per heavy atom. The molecule has 0 radical (unpaired) electrons. The number of nitrogens with zero attached hydrogens (tertiary/aromatic N) is 2. The molecule has 0 unspecified atom stereocenters. The summed E-state index contributed by atoms with van der Waals surface area (Å²) in [5, 5.41) is 19.5. The molecular weight excluding hydrogens is 320 g/mol. The fraction of sp³-hybridized carbons (Fsp3) is 0.444. The summed E-state index contributed by atoms with van der Waals surface area (Å²) >= 11 is 0. The molecule has 25 heavy (non-hydrogen) atoms. The first-order valence-corrected chi connectivity index (χ1v) is 8.35. The number of aliphatic hydroxyl groups excluding tert-OH is 1. The van der Waals surface area contributed by atoms with E-state index in [1.54, 1.807) is 24.5 Å². The Bertz CT molecular complexity index is 702. The van der Waals surface area contributed by atoms with Gasteiger partial charge in [0.2, 0.25) is 0 Å². The number of carbonyl (C=O) groups is 1. The molecule has 0 bridgehead atoms. The fourth-order valence-electron chi connectivity index (χ4n) is 3.06. The lowest BCUT2D eigenvalue weighted by Crippen LogP contribution is -2.65. The number of likely N-dealkylation sites (N-methyl/N-ethyl adjacent to an activating group) is 1. The van der Waals surface area contributed by atoms with Crippen molar-refractivity contribution in [1.82, 2.24) is 20.4 Å². The van der Waals surface area contributed by atoms with Crippen molar-refractivity contribution in [3.8, 4) is 11.1 Å². The maximum Gasteiger partial charge on any atom is 0.251 e. The van der Waals surface area contributed by atoms with Gasteiger partial charge in [0.05, 0.1) is 31.6 Å². The molecule has 2 heterocycles. The van der Waals surface area contributed by atoms with Crippen LogP contribution in [0.1, 0.15) is 17.3 Å². The molecule has 1 amide bonds. The van der Waals surface area contributed by atoms with Crippen LogP contribution in [0.2, 0.25) is 0 Å². The van der Waals surface area contributed by atoms with Crippen molar-refractivity contribution in [3.63, 3.8) is 0 Å². The summed E-state index contributed by atoms with van der Waals surface area (Å²) in [6, 6.07) is 7.53. The first-order chi connectivity index (χ1) is 12.1. The number of rotatable bonds is 5. The van der Waals surface area contributed by atoms with Gasteiger partial charge in [0.1, 0.15) is 0 Å². The maximum absolute atomic E-state index is 12.5. The van der Waals surface area contributed by atoms with E-state index in [4.69, 9.17) is 4.74 Å². The number of aromatic amines is 1. The highest BCUT2D eigenvalue weighted by atomic mass is 16.5. The lowest BCUT2D eigenvalue weighted by atomic mass is 9.95. The molecule has 1 saturated heterocycles. The molecule has 1 aliphatic heterocycles. The van der Waals surface area contributed by atoms with Crippen LogP contribution in [-0.4, -0.2) is 71.1 Å². The van der Waals surface area contributed by atoms with Gasteiger partial charge in [-0.05, 0) is 31.7 Å². The third kappa shape index (κ3) is 3.58. The Morgan fingerprint density at radius 3 is 2.84 bits per heavy atom. The highest BCUT2D eigenvalue weighted by molar-refractivity contribution is 5.94. The number of hydrogen-bond donors (Lipinski definition) is 3. The fourth-order valence-corrected chi connectivity index (χ4v) is 3.06. The molecule has 7 heteroatoms. The van der Waals surface area contributed by atoms with Crippen LogP contribution in [0.3, 0.4) is 0 Å². The van der Waals surface area contributed by atoms with E-state index in [0.29, 0.717) is 25.3 Å². The smallest absolute Gasteiger partial charge is 0.251 e. The predicted molar refractivity (Wildman–Crippen MR) is 94.2 cm³/mol. The Hall–Kier alpha value is -2.22. The molecule has 3 N–H and O–H groups in total. The van der Waals surface area contributed by atoms with Crippen molar-refractivity contribution in [1.29, 1.82) is 0 Å². The number of aromatic nitrogens is 2. The summed E-state index contributed by atoms with van der Waals surface area (Å²) in [4.78, 5) is 14.5. The van der Waals surface area contributed by atoms with E-state index in [0.717, 1.165) is 11.1 Å². The second-order valence-corrected chi connectivity index (χ2v) is 6.60. The van der Waals surface area contributed by atoms with Crippen LogP contribution >= 0.6 is 0 Å². The summed E-state index contributed by atoms with van der Waals surface area (Å²) in [6.45, 7) is 3.31. The standard InChI is InChI=1S/C18H24N4O3/c1-13-9-25-12-18(11-23,22(13)2)10-19-17(24)15-5-3-14(4-6-15)16-7-20-21-8-16/h3-8,13,23H,9-12H2,1-2H3,(H,19,24)(H,20,21)/t13-,18+/m1/s1. The molecule has 3 rings (SSSR count).